The third-order valence-electron chi connectivity index (χ3n) is 5.65. The Morgan fingerprint density at radius 2 is 1.59 bits per heavy atom. The highest BCUT2D eigenvalue weighted by Crippen LogP contribution is 2.34. The number of hydrogen-bond acceptors (Lipinski definition) is 5. The fourth-order valence-corrected chi connectivity index (χ4v) is 5.61. The van der Waals surface area contributed by atoms with Crippen LogP contribution in [0.25, 0.3) is 0 Å². The smallest absolute Gasteiger partial charge is 0.244 e. The van der Waals surface area contributed by atoms with E-state index in [-0.39, 0.29) is 35.4 Å². The lowest BCUT2D eigenvalue weighted by Gasteiger charge is -2.30. The van der Waals surface area contributed by atoms with E-state index >= 15 is 0 Å². The van der Waals surface area contributed by atoms with Gasteiger partial charge in [0.1, 0.15) is 11.8 Å². The second-order valence-electron chi connectivity index (χ2n) is 7.80. The molecule has 0 spiro atoms. The molecule has 1 amide bonds. The molecule has 1 aliphatic heterocycles. The molecule has 0 radical (unpaired) electrons. The fourth-order valence-electron chi connectivity index (χ4n) is 3.82. The standard InChI is InChI=1S/C25H22ClN3O4S/c26-20-8-2-4-10-22(20)33-23-11-5-3-9-21(23)28-25(30)18-13-15-29(16-14-18)34(31,32)24-12-6-1-7-19(24)17-27/h1-12,18H,13-16H2,(H,28,30). The van der Waals surface area contributed by atoms with Crippen molar-refractivity contribution in [3.63, 3.8) is 0 Å². The normalized spacial score (nSPS) is 14.8. The van der Waals surface area contributed by atoms with Gasteiger partial charge in [0.15, 0.2) is 5.75 Å². The van der Waals surface area contributed by atoms with Gasteiger partial charge in [-0.05, 0) is 49.2 Å². The molecule has 1 heterocycles. The largest absolute Gasteiger partial charge is 0.454 e. The lowest BCUT2D eigenvalue weighted by Crippen LogP contribution is -2.41. The number of benzene rings is 3. The van der Waals surface area contributed by atoms with Gasteiger partial charge in [0.25, 0.3) is 0 Å². The van der Waals surface area contributed by atoms with Crippen LogP contribution < -0.4 is 10.1 Å². The van der Waals surface area contributed by atoms with Crippen LogP contribution in [0.5, 0.6) is 11.5 Å². The number of halogens is 1. The number of carbonyl (C=O) groups is 1. The van der Waals surface area contributed by atoms with Crippen molar-refractivity contribution < 1.29 is 17.9 Å². The molecule has 0 bridgehead atoms. The summed E-state index contributed by atoms with van der Waals surface area (Å²) in [6.07, 6.45) is 0.737. The molecule has 1 N–H and O–H groups in total. The molecule has 0 aliphatic carbocycles. The Morgan fingerprint density at radius 3 is 2.29 bits per heavy atom. The second kappa shape index (κ2) is 10.3. The Labute approximate surface area is 203 Å². The van der Waals surface area contributed by atoms with Crippen LogP contribution in [0.4, 0.5) is 5.69 Å². The van der Waals surface area contributed by atoms with Crippen molar-refractivity contribution in [3.8, 4) is 17.6 Å². The lowest BCUT2D eigenvalue weighted by molar-refractivity contribution is -0.120. The highest BCUT2D eigenvalue weighted by molar-refractivity contribution is 7.89. The molecule has 4 rings (SSSR count). The predicted molar refractivity (Wildman–Crippen MR) is 129 cm³/mol. The van der Waals surface area contributed by atoms with Crippen molar-refractivity contribution in [1.82, 2.24) is 4.31 Å². The lowest BCUT2D eigenvalue weighted by atomic mass is 9.97. The van der Waals surface area contributed by atoms with Crippen LogP contribution in [0.2, 0.25) is 5.02 Å². The minimum Gasteiger partial charge on any atom is -0.454 e. The number of nitrogens with zero attached hydrogens (tertiary/aromatic N) is 2. The second-order valence-corrected chi connectivity index (χ2v) is 10.1. The molecule has 1 fully saturated rings. The van der Waals surface area contributed by atoms with Crippen molar-refractivity contribution in [2.75, 3.05) is 18.4 Å². The summed E-state index contributed by atoms with van der Waals surface area (Å²) in [5.41, 5.74) is 0.614. The quantitative estimate of drug-likeness (QED) is 0.516. The molecule has 7 nitrogen and oxygen atoms in total. The average molecular weight is 496 g/mol. The number of ether oxygens (including phenoxy) is 1. The number of carbonyl (C=O) groups excluding carboxylic acids is 1. The van der Waals surface area contributed by atoms with E-state index in [0.717, 1.165) is 0 Å². The zero-order valence-corrected chi connectivity index (χ0v) is 19.7. The van der Waals surface area contributed by atoms with Gasteiger partial charge in [-0.3, -0.25) is 4.79 Å². The summed E-state index contributed by atoms with van der Waals surface area (Å²) in [4.78, 5) is 13.0. The van der Waals surface area contributed by atoms with E-state index in [1.807, 2.05) is 6.07 Å². The summed E-state index contributed by atoms with van der Waals surface area (Å²) < 4.78 is 33.3. The van der Waals surface area contributed by atoms with Gasteiger partial charge in [-0.25, -0.2) is 8.42 Å². The number of rotatable bonds is 6. The molecular formula is C25H22ClN3O4S. The molecular weight excluding hydrogens is 474 g/mol. The molecule has 9 heteroatoms. The third kappa shape index (κ3) is 5.07. The minimum absolute atomic E-state index is 0.00829. The summed E-state index contributed by atoms with van der Waals surface area (Å²) >= 11 is 6.18. The van der Waals surface area contributed by atoms with Gasteiger partial charge in [-0.1, -0.05) is 48.0 Å². The van der Waals surface area contributed by atoms with E-state index in [1.54, 1.807) is 60.7 Å². The van der Waals surface area contributed by atoms with Crippen molar-refractivity contribution in [3.05, 3.63) is 83.4 Å². The van der Waals surface area contributed by atoms with Crippen LogP contribution in [0.3, 0.4) is 0 Å². The highest BCUT2D eigenvalue weighted by Gasteiger charge is 2.33. The van der Waals surface area contributed by atoms with Crippen LogP contribution in [0.1, 0.15) is 18.4 Å². The molecule has 0 unspecified atom stereocenters. The summed E-state index contributed by atoms with van der Waals surface area (Å²) in [6, 6.07) is 22.2. The van der Waals surface area contributed by atoms with Crippen LogP contribution in [0.15, 0.2) is 77.7 Å². The van der Waals surface area contributed by atoms with Gasteiger partial charge in [0.2, 0.25) is 15.9 Å². The van der Waals surface area contributed by atoms with E-state index in [1.165, 1.54) is 16.4 Å². The topological polar surface area (TPSA) is 99.5 Å². The van der Waals surface area contributed by atoms with Gasteiger partial charge >= 0.3 is 0 Å². The molecule has 0 aromatic heterocycles. The molecule has 3 aromatic rings. The van der Waals surface area contributed by atoms with Crippen LogP contribution >= 0.6 is 11.6 Å². The minimum atomic E-state index is -3.81. The maximum atomic E-state index is 13.0. The first-order valence-corrected chi connectivity index (χ1v) is 12.5. The van der Waals surface area contributed by atoms with Gasteiger partial charge < -0.3 is 10.1 Å². The molecule has 1 aliphatic rings. The Balaban J connectivity index is 1.42. The van der Waals surface area contributed by atoms with E-state index < -0.39 is 10.0 Å². The summed E-state index contributed by atoms with van der Waals surface area (Å²) in [6.45, 7) is 0.385. The van der Waals surface area contributed by atoms with Gasteiger partial charge in [0, 0.05) is 19.0 Å². The zero-order valence-electron chi connectivity index (χ0n) is 18.1. The van der Waals surface area contributed by atoms with E-state index in [9.17, 15) is 18.5 Å². The number of amides is 1. The molecule has 0 saturated carbocycles. The van der Waals surface area contributed by atoms with Crippen molar-refractivity contribution >= 4 is 33.2 Å². The first-order chi connectivity index (χ1) is 16.4. The van der Waals surface area contributed by atoms with Gasteiger partial charge in [0.05, 0.1) is 21.2 Å². The first-order valence-electron chi connectivity index (χ1n) is 10.7. The predicted octanol–water partition coefficient (Wildman–Crippen LogP) is 5.04. The van der Waals surface area contributed by atoms with Crippen LogP contribution in [-0.4, -0.2) is 31.7 Å². The number of nitrogens with one attached hydrogen (secondary N) is 1. The summed E-state index contributed by atoms with van der Waals surface area (Å²) in [7, 11) is -3.81. The van der Waals surface area contributed by atoms with Crippen molar-refractivity contribution in [1.29, 1.82) is 5.26 Å². The molecule has 1 saturated heterocycles. The molecule has 174 valence electrons. The van der Waals surface area contributed by atoms with Crippen molar-refractivity contribution in [2.45, 2.75) is 17.7 Å². The maximum Gasteiger partial charge on any atom is 0.244 e. The number of sulfonamides is 1. The Morgan fingerprint density at radius 1 is 0.971 bits per heavy atom. The van der Waals surface area contributed by atoms with Crippen LogP contribution in [-0.2, 0) is 14.8 Å². The number of hydrogen-bond donors (Lipinski definition) is 1. The van der Waals surface area contributed by atoms with Crippen molar-refractivity contribution in [2.24, 2.45) is 5.92 Å². The molecule has 0 atom stereocenters. The molecule has 34 heavy (non-hydrogen) atoms. The Bertz CT molecular complexity index is 1350. The van der Waals surface area contributed by atoms with Gasteiger partial charge in [-0.15, -0.1) is 0 Å². The Kier molecular flexibility index (Phi) is 7.17. The Hall–Kier alpha value is -3.38. The number of anilines is 1. The number of nitriles is 1. The van der Waals surface area contributed by atoms with E-state index in [2.05, 4.69) is 5.32 Å². The summed E-state index contributed by atoms with van der Waals surface area (Å²) in [5, 5.41) is 12.6. The zero-order chi connectivity index (χ0) is 24.1. The first kappa shape index (κ1) is 23.8. The fraction of sp³-hybridized carbons (Fsp3) is 0.200. The summed E-state index contributed by atoms with van der Waals surface area (Å²) in [5.74, 6) is 0.370. The van der Waals surface area contributed by atoms with E-state index in [4.69, 9.17) is 16.3 Å². The number of para-hydroxylation sites is 3. The number of piperidine rings is 1. The molecule has 3 aromatic carbocycles. The van der Waals surface area contributed by atoms with E-state index in [0.29, 0.717) is 35.1 Å². The third-order valence-corrected chi connectivity index (χ3v) is 7.92. The monoisotopic (exact) mass is 495 g/mol. The SMILES string of the molecule is N#Cc1ccccc1S(=O)(=O)N1CCC(C(=O)Nc2ccccc2Oc2ccccc2Cl)CC1. The maximum absolute atomic E-state index is 13.0. The van der Waals surface area contributed by atoms with Crippen LogP contribution in [0, 0.1) is 17.2 Å². The van der Waals surface area contributed by atoms with Gasteiger partial charge in [-0.2, -0.15) is 9.57 Å². The average Bonchev–Trinajstić information content (AvgIpc) is 2.86. The highest BCUT2D eigenvalue weighted by atomic mass is 35.5.